The predicted molar refractivity (Wildman–Crippen MR) is 107 cm³/mol. The first-order valence-electron chi connectivity index (χ1n) is 10.8. The zero-order valence-corrected chi connectivity index (χ0v) is 17.1. The zero-order valence-electron chi connectivity index (χ0n) is 17.1. The van der Waals surface area contributed by atoms with Gasteiger partial charge in [0.05, 0.1) is 19.8 Å². The molecule has 0 aliphatic heterocycles. The SMILES string of the molecule is CCCCCCCCCCCCCC[N+](CCO)(CCO)CC(C)O. The maximum atomic E-state index is 9.75. The Hall–Kier alpha value is -0.160. The molecule has 0 saturated heterocycles. The Morgan fingerprint density at radius 3 is 1.40 bits per heavy atom. The average Bonchev–Trinajstić information content (AvgIpc) is 2.56. The van der Waals surface area contributed by atoms with Gasteiger partial charge in [-0.3, -0.25) is 0 Å². The predicted octanol–water partition coefficient (Wildman–Crippen LogP) is 3.87. The number of quaternary nitrogens is 1. The summed E-state index contributed by atoms with van der Waals surface area (Å²) in [5.41, 5.74) is 0. The number of rotatable bonds is 19. The molecule has 0 bridgehead atoms. The van der Waals surface area contributed by atoms with E-state index in [1.807, 2.05) is 0 Å². The standard InChI is InChI=1S/C21H46NO3/c1-3-4-5-6-7-8-9-10-11-12-13-14-15-22(16-18-23,17-19-24)20-21(2)25/h21,23-25H,3-20H2,1-2H3/q+1. The Morgan fingerprint density at radius 1 is 0.640 bits per heavy atom. The normalized spacial score (nSPS) is 13.3. The van der Waals surface area contributed by atoms with Gasteiger partial charge in [-0.05, 0) is 19.8 Å². The lowest BCUT2D eigenvalue weighted by Gasteiger charge is -2.39. The first-order valence-corrected chi connectivity index (χ1v) is 10.8. The molecule has 0 aromatic heterocycles. The summed E-state index contributed by atoms with van der Waals surface area (Å²) < 4.78 is 0.641. The van der Waals surface area contributed by atoms with Crippen molar-refractivity contribution >= 4 is 0 Å². The first kappa shape index (κ1) is 24.8. The van der Waals surface area contributed by atoms with Crippen molar-refractivity contribution < 1.29 is 19.8 Å². The van der Waals surface area contributed by atoms with Crippen LogP contribution in [0.25, 0.3) is 0 Å². The van der Waals surface area contributed by atoms with Crippen LogP contribution < -0.4 is 0 Å². The average molecular weight is 361 g/mol. The Morgan fingerprint density at radius 2 is 1.04 bits per heavy atom. The molecule has 0 fully saturated rings. The highest BCUT2D eigenvalue weighted by molar-refractivity contribution is 4.53. The summed E-state index contributed by atoms with van der Waals surface area (Å²) in [5.74, 6) is 0. The molecule has 1 atom stereocenters. The van der Waals surface area contributed by atoms with Crippen LogP contribution in [-0.2, 0) is 0 Å². The number of nitrogens with zero attached hydrogens (tertiary/aromatic N) is 1. The van der Waals surface area contributed by atoms with Gasteiger partial charge in [-0.2, -0.15) is 0 Å². The summed E-state index contributed by atoms with van der Waals surface area (Å²) >= 11 is 0. The molecule has 0 aliphatic carbocycles. The van der Waals surface area contributed by atoms with Gasteiger partial charge >= 0.3 is 0 Å². The minimum Gasteiger partial charge on any atom is -0.391 e. The largest absolute Gasteiger partial charge is 0.391 e. The van der Waals surface area contributed by atoms with Crippen LogP contribution in [0.5, 0.6) is 0 Å². The van der Waals surface area contributed by atoms with E-state index in [1.54, 1.807) is 6.92 Å². The lowest BCUT2D eigenvalue weighted by Crippen LogP contribution is -2.55. The van der Waals surface area contributed by atoms with E-state index in [0.717, 1.165) is 13.0 Å². The molecule has 0 aliphatic rings. The lowest BCUT2D eigenvalue weighted by molar-refractivity contribution is -0.931. The highest BCUT2D eigenvalue weighted by Crippen LogP contribution is 2.15. The van der Waals surface area contributed by atoms with Crippen molar-refractivity contribution in [3.05, 3.63) is 0 Å². The van der Waals surface area contributed by atoms with Crippen LogP contribution in [0.2, 0.25) is 0 Å². The van der Waals surface area contributed by atoms with Gasteiger partial charge in [0.2, 0.25) is 0 Å². The third-order valence-corrected chi connectivity index (χ3v) is 5.29. The van der Waals surface area contributed by atoms with Gasteiger partial charge in [0.1, 0.15) is 25.7 Å². The van der Waals surface area contributed by atoms with Crippen molar-refractivity contribution in [1.82, 2.24) is 0 Å². The molecule has 152 valence electrons. The maximum Gasteiger partial charge on any atom is 0.105 e. The molecule has 0 spiro atoms. The van der Waals surface area contributed by atoms with Crippen LogP contribution >= 0.6 is 0 Å². The van der Waals surface area contributed by atoms with Crippen LogP contribution in [0.1, 0.15) is 90.9 Å². The fraction of sp³-hybridized carbons (Fsp3) is 1.00. The van der Waals surface area contributed by atoms with E-state index < -0.39 is 6.10 Å². The molecular formula is C21H46NO3+. The minimum absolute atomic E-state index is 0.116. The summed E-state index contributed by atoms with van der Waals surface area (Å²) in [4.78, 5) is 0. The van der Waals surface area contributed by atoms with Crippen LogP contribution in [0.4, 0.5) is 0 Å². The van der Waals surface area contributed by atoms with E-state index >= 15 is 0 Å². The molecule has 25 heavy (non-hydrogen) atoms. The summed E-state index contributed by atoms with van der Waals surface area (Å²) in [6, 6.07) is 0. The second kappa shape index (κ2) is 17.3. The molecule has 0 aromatic carbocycles. The Bertz CT molecular complexity index is 266. The Labute approximate surface area is 156 Å². The topological polar surface area (TPSA) is 60.7 Å². The summed E-state index contributed by atoms with van der Waals surface area (Å²) in [5, 5.41) is 28.5. The van der Waals surface area contributed by atoms with Crippen molar-refractivity contribution in [2.45, 2.75) is 97.0 Å². The van der Waals surface area contributed by atoms with Crippen molar-refractivity contribution in [3.63, 3.8) is 0 Å². The van der Waals surface area contributed by atoms with Gasteiger partial charge in [0, 0.05) is 0 Å². The van der Waals surface area contributed by atoms with E-state index in [0.29, 0.717) is 24.1 Å². The molecule has 0 heterocycles. The molecule has 0 saturated carbocycles. The molecule has 4 heteroatoms. The molecule has 0 rings (SSSR count). The number of aliphatic hydroxyl groups is 3. The second-order valence-electron chi connectivity index (χ2n) is 7.88. The molecule has 0 aromatic rings. The quantitative estimate of drug-likeness (QED) is 0.242. The number of hydrogen-bond acceptors (Lipinski definition) is 3. The van der Waals surface area contributed by atoms with Crippen molar-refractivity contribution in [3.8, 4) is 0 Å². The van der Waals surface area contributed by atoms with Crippen LogP contribution in [0.3, 0.4) is 0 Å². The number of hydrogen-bond donors (Lipinski definition) is 3. The van der Waals surface area contributed by atoms with E-state index in [4.69, 9.17) is 0 Å². The summed E-state index contributed by atoms with van der Waals surface area (Å²) in [6.07, 6.45) is 15.6. The van der Waals surface area contributed by atoms with E-state index in [-0.39, 0.29) is 13.2 Å². The maximum absolute atomic E-state index is 9.75. The Balaban J connectivity index is 3.73. The molecule has 0 radical (unpaired) electrons. The van der Waals surface area contributed by atoms with Gasteiger partial charge < -0.3 is 19.8 Å². The molecule has 4 nitrogen and oxygen atoms in total. The Kier molecular flexibility index (Phi) is 17.2. The molecule has 3 N–H and O–H groups in total. The molecular weight excluding hydrogens is 314 g/mol. The van der Waals surface area contributed by atoms with Gasteiger partial charge in [0.25, 0.3) is 0 Å². The van der Waals surface area contributed by atoms with Gasteiger partial charge in [0.15, 0.2) is 0 Å². The van der Waals surface area contributed by atoms with Crippen molar-refractivity contribution in [2.24, 2.45) is 0 Å². The summed E-state index contributed by atoms with van der Waals surface area (Å²) in [6.45, 7) is 7.12. The monoisotopic (exact) mass is 360 g/mol. The van der Waals surface area contributed by atoms with Crippen molar-refractivity contribution in [1.29, 1.82) is 0 Å². The van der Waals surface area contributed by atoms with Crippen LogP contribution in [0.15, 0.2) is 0 Å². The van der Waals surface area contributed by atoms with Crippen molar-refractivity contribution in [2.75, 3.05) is 39.4 Å². The fourth-order valence-electron chi connectivity index (χ4n) is 3.88. The van der Waals surface area contributed by atoms with Gasteiger partial charge in [-0.25, -0.2) is 0 Å². The van der Waals surface area contributed by atoms with E-state index in [1.165, 1.54) is 70.6 Å². The van der Waals surface area contributed by atoms with Crippen LogP contribution in [0, 0.1) is 0 Å². The van der Waals surface area contributed by atoms with Crippen LogP contribution in [-0.4, -0.2) is 65.3 Å². The lowest BCUT2D eigenvalue weighted by atomic mass is 10.0. The van der Waals surface area contributed by atoms with Gasteiger partial charge in [-0.1, -0.05) is 71.1 Å². The highest BCUT2D eigenvalue weighted by atomic mass is 16.3. The number of unbranched alkanes of at least 4 members (excludes halogenated alkanes) is 11. The summed E-state index contributed by atoms with van der Waals surface area (Å²) in [7, 11) is 0. The van der Waals surface area contributed by atoms with E-state index in [9.17, 15) is 15.3 Å². The second-order valence-corrected chi connectivity index (χ2v) is 7.88. The third-order valence-electron chi connectivity index (χ3n) is 5.29. The highest BCUT2D eigenvalue weighted by Gasteiger charge is 2.27. The zero-order chi connectivity index (χ0) is 18.8. The third kappa shape index (κ3) is 14.7. The molecule has 1 unspecified atom stereocenters. The van der Waals surface area contributed by atoms with E-state index in [2.05, 4.69) is 6.92 Å². The fourth-order valence-corrected chi connectivity index (χ4v) is 3.88. The minimum atomic E-state index is -0.393. The first-order chi connectivity index (χ1) is 12.1. The van der Waals surface area contributed by atoms with Gasteiger partial charge in [-0.15, -0.1) is 0 Å². The molecule has 0 amide bonds. The smallest absolute Gasteiger partial charge is 0.105 e. The number of aliphatic hydroxyl groups excluding tert-OH is 3.